The minimum atomic E-state index is 0.0177. The van der Waals surface area contributed by atoms with Crippen molar-refractivity contribution >= 4 is 12.4 Å². The molecule has 0 aliphatic rings. The van der Waals surface area contributed by atoms with Crippen molar-refractivity contribution < 1.29 is 0 Å². The second-order valence-electron chi connectivity index (χ2n) is 4.36. The van der Waals surface area contributed by atoms with Crippen LogP contribution in [0.3, 0.4) is 0 Å². The third-order valence-corrected chi connectivity index (χ3v) is 1.10. The summed E-state index contributed by atoms with van der Waals surface area (Å²) in [4.78, 5) is 8.48. The van der Waals surface area contributed by atoms with E-state index in [1.807, 2.05) is 0 Å². The Hall–Kier alpha value is -0.660. The highest BCUT2D eigenvalue weighted by Gasteiger charge is 2.03. The van der Waals surface area contributed by atoms with E-state index in [9.17, 15) is 0 Å². The lowest BCUT2D eigenvalue weighted by molar-refractivity contribution is 0.587. The highest BCUT2D eigenvalue weighted by molar-refractivity contribution is 6.16. The summed E-state index contributed by atoms with van der Waals surface area (Å²) < 4.78 is 0. The van der Waals surface area contributed by atoms with E-state index >= 15 is 0 Å². The molecule has 0 saturated heterocycles. The van der Waals surface area contributed by atoms with Gasteiger partial charge in [0.15, 0.2) is 0 Å². The molecule has 0 rings (SSSR count). The van der Waals surface area contributed by atoms with Crippen LogP contribution in [0.4, 0.5) is 0 Å². The molecule has 0 aromatic heterocycles. The summed E-state index contributed by atoms with van der Waals surface area (Å²) >= 11 is 0. The van der Waals surface area contributed by atoms with Crippen molar-refractivity contribution in [3.63, 3.8) is 0 Å². The standard InChI is InChI=1S/C10H20N2/c1-9(2)8-11-6-7-12-10(3,4)5/h6-7,9H,8H2,1-5H3/b11-6?,12-7+. The topological polar surface area (TPSA) is 24.7 Å². The van der Waals surface area contributed by atoms with Gasteiger partial charge in [-0.1, -0.05) is 13.8 Å². The van der Waals surface area contributed by atoms with Crippen molar-refractivity contribution in [2.24, 2.45) is 15.9 Å². The molecular weight excluding hydrogens is 148 g/mol. The Morgan fingerprint density at radius 1 is 1.17 bits per heavy atom. The van der Waals surface area contributed by atoms with E-state index in [0.717, 1.165) is 6.54 Å². The predicted octanol–water partition coefficient (Wildman–Crippen LogP) is 2.58. The van der Waals surface area contributed by atoms with E-state index in [2.05, 4.69) is 44.6 Å². The van der Waals surface area contributed by atoms with Gasteiger partial charge in [0.05, 0.1) is 5.54 Å². The highest BCUT2D eigenvalue weighted by Crippen LogP contribution is 2.03. The molecule has 2 nitrogen and oxygen atoms in total. The summed E-state index contributed by atoms with van der Waals surface area (Å²) in [5, 5.41) is 0. The predicted molar refractivity (Wildman–Crippen MR) is 56.4 cm³/mol. The Morgan fingerprint density at radius 2 is 1.75 bits per heavy atom. The van der Waals surface area contributed by atoms with Crippen LogP contribution in [0.25, 0.3) is 0 Å². The lowest BCUT2D eigenvalue weighted by Crippen LogP contribution is -2.09. The molecule has 0 bridgehead atoms. The molecule has 0 amide bonds. The molecule has 0 radical (unpaired) electrons. The Morgan fingerprint density at radius 3 is 2.17 bits per heavy atom. The first kappa shape index (κ1) is 11.3. The molecule has 0 unspecified atom stereocenters. The van der Waals surface area contributed by atoms with Crippen molar-refractivity contribution in [1.82, 2.24) is 0 Å². The van der Waals surface area contributed by atoms with Crippen LogP contribution < -0.4 is 0 Å². The van der Waals surface area contributed by atoms with Gasteiger partial charge >= 0.3 is 0 Å². The number of hydrogen-bond donors (Lipinski definition) is 0. The van der Waals surface area contributed by atoms with Gasteiger partial charge in [0.1, 0.15) is 0 Å². The number of hydrogen-bond acceptors (Lipinski definition) is 2. The molecular formula is C10H20N2. The first-order valence-electron chi connectivity index (χ1n) is 4.45. The molecule has 0 N–H and O–H groups in total. The monoisotopic (exact) mass is 168 g/mol. The van der Waals surface area contributed by atoms with Crippen molar-refractivity contribution in [2.45, 2.75) is 40.2 Å². The SMILES string of the molecule is CC(C)CN=C/C=N/C(C)(C)C. The summed E-state index contributed by atoms with van der Waals surface area (Å²) in [6, 6.07) is 0. The zero-order valence-corrected chi connectivity index (χ0v) is 8.83. The summed E-state index contributed by atoms with van der Waals surface area (Å²) in [7, 11) is 0. The van der Waals surface area contributed by atoms with Crippen LogP contribution in [0.15, 0.2) is 9.98 Å². The molecule has 0 spiro atoms. The zero-order valence-electron chi connectivity index (χ0n) is 8.83. The first-order valence-corrected chi connectivity index (χ1v) is 4.45. The number of aliphatic imine (C=N–C) groups is 2. The Bertz CT molecular complexity index is 161. The van der Waals surface area contributed by atoms with Crippen LogP contribution >= 0.6 is 0 Å². The maximum absolute atomic E-state index is 4.28. The average molecular weight is 168 g/mol. The smallest absolute Gasteiger partial charge is 0.0524 e. The van der Waals surface area contributed by atoms with Gasteiger partial charge in [-0.3, -0.25) is 9.98 Å². The van der Waals surface area contributed by atoms with Gasteiger partial charge in [0, 0.05) is 19.0 Å². The fourth-order valence-corrected chi connectivity index (χ4v) is 0.576. The van der Waals surface area contributed by atoms with Gasteiger partial charge in [-0.2, -0.15) is 0 Å². The van der Waals surface area contributed by atoms with Gasteiger partial charge in [-0.05, 0) is 26.7 Å². The average Bonchev–Trinajstić information content (AvgIpc) is 1.83. The quantitative estimate of drug-likeness (QED) is 0.579. The number of nitrogens with zero attached hydrogens (tertiary/aromatic N) is 2. The van der Waals surface area contributed by atoms with Gasteiger partial charge in [-0.15, -0.1) is 0 Å². The van der Waals surface area contributed by atoms with E-state index in [-0.39, 0.29) is 5.54 Å². The maximum Gasteiger partial charge on any atom is 0.0524 e. The van der Waals surface area contributed by atoms with Gasteiger partial charge < -0.3 is 0 Å². The van der Waals surface area contributed by atoms with E-state index in [1.54, 1.807) is 12.4 Å². The van der Waals surface area contributed by atoms with Crippen molar-refractivity contribution in [1.29, 1.82) is 0 Å². The Kier molecular flexibility index (Phi) is 4.79. The third kappa shape index (κ3) is 9.34. The summed E-state index contributed by atoms with van der Waals surface area (Å²) in [5.41, 5.74) is 0.0177. The molecule has 70 valence electrons. The summed E-state index contributed by atoms with van der Waals surface area (Å²) in [5.74, 6) is 0.629. The van der Waals surface area contributed by atoms with Crippen LogP contribution in [0, 0.1) is 5.92 Å². The van der Waals surface area contributed by atoms with E-state index in [4.69, 9.17) is 0 Å². The molecule has 0 heterocycles. The normalized spacial score (nSPS) is 13.8. The lowest BCUT2D eigenvalue weighted by atomic mass is 10.1. The zero-order chi connectivity index (χ0) is 9.61. The molecule has 0 aliphatic carbocycles. The molecule has 0 atom stereocenters. The molecule has 0 saturated carbocycles. The highest BCUT2D eigenvalue weighted by atomic mass is 14.8. The fourth-order valence-electron chi connectivity index (χ4n) is 0.576. The van der Waals surface area contributed by atoms with E-state index in [0.29, 0.717) is 5.92 Å². The maximum atomic E-state index is 4.28. The molecule has 0 aromatic rings. The van der Waals surface area contributed by atoms with Crippen molar-refractivity contribution in [2.75, 3.05) is 6.54 Å². The van der Waals surface area contributed by atoms with Crippen LogP contribution in [0.1, 0.15) is 34.6 Å². The van der Waals surface area contributed by atoms with Crippen LogP contribution in [0.5, 0.6) is 0 Å². The largest absolute Gasteiger partial charge is 0.291 e. The molecule has 0 fully saturated rings. The molecule has 2 heteroatoms. The Balaban J connectivity index is 3.67. The van der Waals surface area contributed by atoms with Crippen LogP contribution in [-0.4, -0.2) is 24.5 Å². The molecule has 12 heavy (non-hydrogen) atoms. The minimum absolute atomic E-state index is 0.0177. The minimum Gasteiger partial charge on any atom is -0.291 e. The summed E-state index contributed by atoms with van der Waals surface area (Å²) in [6.45, 7) is 11.4. The molecule has 0 aliphatic heterocycles. The second-order valence-corrected chi connectivity index (χ2v) is 4.36. The van der Waals surface area contributed by atoms with Gasteiger partial charge in [0.2, 0.25) is 0 Å². The lowest BCUT2D eigenvalue weighted by Gasteiger charge is -2.09. The summed E-state index contributed by atoms with van der Waals surface area (Å²) in [6.07, 6.45) is 3.56. The van der Waals surface area contributed by atoms with E-state index < -0.39 is 0 Å². The van der Waals surface area contributed by atoms with Crippen molar-refractivity contribution in [3.8, 4) is 0 Å². The Labute approximate surface area is 75.8 Å². The second kappa shape index (κ2) is 5.07. The van der Waals surface area contributed by atoms with Gasteiger partial charge in [-0.25, -0.2) is 0 Å². The molecule has 0 aromatic carbocycles. The van der Waals surface area contributed by atoms with Crippen molar-refractivity contribution in [3.05, 3.63) is 0 Å². The van der Waals surface area contributed by atoms with Crippen LogP contribution in [0.2, 0.25) is 0 Å². The number of rotatable bonds is 3. The van der Waals surface area contributed by atoms with E-state index in [1.165, 1.54) is 0 Å². The fraction of sp³-hybridized carbons (Fsp3) is 0.800. The van der Waals surface area contributed by atoms with Gasteiger partial charge in [0.25, 0.3) is 0 Å². The van der Waals surface area contributed by atoms with Crippen LogP contribution in [-0.2, 0) is 0 Å². The first-order chi connectivity index (χ1) is 5.42. The third-order valence-electron chi connectivity index (χ3n) is 1.10.